The molecule has 5 aliphatic heterocycles. The quantitative estimate of drug-likeness (QED) is 0.441. The number of halogens is 1. The maximum atomic E-state index is 11.9. The number of amides is 2. The molecular formula is C37H49BBrKN4O6. The molecule has 2 amide bonds. The van der Waals surface area contributed by atoms with Crippen LogP contribution >= 0.6 is 15.9 Å². The number of hydrogen-bond donors (Lipinski definition) is 0. The summed E-state index contributed by atoms with van der Waals surface area (Å²) in [5.74, 6) is -0.776. The molecule has 3 saturated heterocycles. The Balaban J connectivity index is 0.000000247. The minimum atomic E-state index is -1.08. The van der Waals surface area contributed by atoms with Crippen molar-refractivity contribution in [3.63, 3.8) is 0 Å². The molecule has 10 nitrogen and oxygen atoms in total. The Hall–Kier alpha value is -1.71. The van der Waals surface area contributed by atoms with Crippen molar-refractivity contribution >= 4 is 69.1 Å². The standard InChI is InChI=1S/C20H27BN2O3.C14H15BrN2O.C2H4O2.CH4.K/c1-13(24)23-10-6-7-18(23)17-12-14-11-15(8-9-16(14)22-17)21-25-19(2,3)20(4,5)26-21;1-9(18)17-6-2-3-14(17)13-8-10-7-11(15)4-5-12(10)16-13;1-2(3)4;;/h8-9,11,18H,6-7,10,12H2,1-5H3;4-5,7,14H,2-3,6,8H2,1H3;1H3,(H,3,4);1H4;/q;;;;+1/p-1/t18-;14-;;;/m00.../s1. The molecule has 2 aromatic rings. The molecule has 5 heterocycles. The molecule has 2 atom stereocenters. The number of aliphatic carboxylic acids is 1. The predicted octanol–water partition coefficient (Wildman–Crippen LogP) is 2.11. The zero-order valence-electron chi connectivity index (χ0n) is 30.0. The van der Waals surface area contributed by atoms with E-state index in [1.807, 2.05) is 28.0 Å². The van der Waals surface area contributed by atoms with Gasteiger partial charge in [0.05, 0.1) is 34.7 Å². The second kappa shape index (κ2) is 17.4. The number of carboxylic acid groups (broad SMARTS) is 1. The van der Waals surface area contributed by atoms with Gasteiger partial charge in [-0.1, -0.05) is 35.5 Å². The van der Waals surface area contributed by atoms with E-state index in [-0.39, 0.29) is 101 Å². The monoisotopic (exact) mass is 774 g/mol. The molecule has 13 heteroatoms. The van der Waals surface area contributed by atoms with Crippen LogP contribution < -0.4 is 62.0 Å². The summed E-state index contributed by atoms with van der Waals surface area (Å²) in [6, 6.07) is 12.8. The van der Waals surface area contributed by atoms with Crippen molar-refractivity contribution in [3.8, 4) is 0 Å². The van der Waals surface area contributed by atoms with E-state index in [4.69, 9.17) is 29.2 Å². The summed E-state index contributed by atoms with van der Waals surface area (Å²) >= 11 is 3.49. The first kappa shape index (κ1) is 42.7. The first-order valence-corrected chi connectivity index (χ1v) is 17.5. The Kier molecular flexibility index (Phi) is 14.9. The number of likely N-dealkylation sites (tertiary alicyclic amines) is 2. The van der Waals surface area contributed by atoms with Gasteiger partial charge in [-0.05, 0) is 101 Å². The summed E-state index contributed by atoms with van der Waals surface area (Å²) < 4.78 is 13.4. The SMILES string of the molecule is C.CC(=O)N1CCC[C@H]1C1=Nc2ccc(B3OC(C)(C)C(C)(C)O3)cc2C1.CC(=O)N1CCC[C@H]1C1=Nc2ccc(Br)cc2C1.CC(=O)[O-].[K+]. The molecular weight excluding hydrogens is 726 g/mol. The van der Waals surface area contributed by atoms with Gasteiger partial charge >= 0.3 is 58.5 Å². The van der Waals surface area contributed by atoms with Crippen LogP contribution in [0.15, 0.2) is 50.9 Å². The summed E-state index contributed by atoms with van der Waals surface area (Å²) in [7, 11) is -0.352. The fourth-order valence-electron chi connectivity index (χ4n) is 6.93. The smallest absolute Gasteiger partial charge is 0.550 e. The summed E-state index contributed by atoms with van der Waals surface area (Å²) in [6.07, 6.45) is 5.88. The summed E-state index contributed by atoms with van der Waals surface area (Å²) in [5, 5.41) is 8.89. The van der Waals surface area contributed by atoms with Gasteiger partial charge in [0.1, 0.15) is 0 Å². The van der Waals surface area contributed by atoms with E-state index in [1.54, 1.807) is 13.8 Å². The number of aliphatic imine (C=N–C) groups is 2. The zero-order chi connectivity index (χ0) is 35.0. The van der Waals surface area contributed by atoms with Crippen LogP contribution in [0.5, 0.6) is 0 Å². The van der Waals surface area contributed by atoms with Crippen molar-refractivity contribution in [3.05, 3.63) is 52.0 Å². The molecule has 0 unspecified atom stereocenters. The van der Waals surface area contributed by atoms with Gasteiger partial charge in [-0.25, -0.2) is 0 Å². The molecule has 264 valence electrons. The van der Waals surface area contributed by atoms with Gasteiger partial charge in [0.25, 0.3) is 0 Å². The van der Waals surface area contributed by atoms with Crippen LogP contribution in [-0.2, 0) is 36.5 Å². The average Bonchev–Trinajstić information content (AvgIpc) is 3.81. The number of rotatable bonds is 3. The van der Waals surface area contributed by atoms with Crippen LogP contribution in [0.2, 0.25) is 0 Å². The molecule has 0 saturated carbocycles. The summed E-state index contributed by atoms with van der Waals surface area (Å²) in [6.45, 7) is 14.3. The van der Waals surface area contributed by atoms with Crippen molar-refractivity contribution < 1.29 is 80.2 Å². The van der Waals surface area contributed by atoms with Crippen molar-refractivity contribution in [2.45, 2.75) is 118 Å². The van der Waals surface area contributed by atoms with Gasteiger partial charge in [0.2, 0.25) is 11.8 Å². The summed E-state index contributed by atoms with van der Waals surface area (Å²) in [5.41, 5.74) is 7.13. The van der Waals surface area contributed by atoms with Crippen LogP contribution in [0.3, 0.4) is 0 Å². The van der Waals surface area contributed by atoms with E-state index in [0.29, 0.717) is 0 Å². The van der Waals surface area contributed by atoms with E-state index in [1.165, 1.54) is 11.1 Å². The third kappa shape index (κ3) is 9.63. The maximum Gasteiger partial charge on any atom is 1.00 e. The topological polar surface area (TPSA) is 124 Å². The number of nitrogens with zero attached hydrogens (tertiary/aromatic N) is 4. The molecule has 3 fully saturated rings. The Morgan fingerprint density at radius 1 is 0.800 bits per heavy atom. The molecule has 0 spiro atoms. The normalized spacial score (nSPS) is 22.0. The van der Waals surface area contributed by atoms with Gasteiger partial charge < -0.3 is 29.0 Å². The van der Waals surface area contributed by atoms with Gasteiger partial charge in [-0.2, -0.15) is 0 Å². The van der Waals surface area contributed by atoms with Crippen molar-refractivity contribution in [1.82, 2.24) is 9.80 Å². The van der Waals surface area contributed by atoms with E-state index >= 15 is 0 Å². The Morgan fingerprint density at radius 3 is 1.66 bits per heavy atom. The molecule has 2 aromatic carbocycles. The molecule has 0 bridgehead atoms. The molecule has 0 radical (unpaired) electrons. The average molecular weight is 776 g/mol. The molecule has 7 rings (SSSR count). The minimum absolute atomic E-state index is 0. The number of benzene rings is 2. The predicted molar refractivity (Wildman–Crippen MR) is 196 cm³/mol. The van der Waals surface area contributed by atoms with Gasteiger partial charge in [-0.3, -0.25) is 19.6 Å². The molecule has 0 aromatic heterocycles. The number of carbonyl (C=O) groups is 3. The maximum absolute atomic E-state index is 11.9. The van der Waals surface area contributed by atoms with Crippen molar-refractivity contribution in [2.75, 3.05) is 13.1 Å². The number of hydrogen-bond acceptors (Lipinski definition) is 8. The van der Waals surface area contributed by atoms with Crippen LogP contribution in [0, 0.1) is 0 Å². The van der Waals surface area contributed by atoms with E-state index in [9.17, 15) is 9.59 Å². The first-order valence-electron chi connectivity index (χ1n) is 16.7. The summed E-state index contributed by atoms with van der Waals surface area (Å²) in [4.78, 5) is 45.8. The Morgan fingerprint density at radius 2 is 1.22 bits per heavy atom. The van der Waals surface area contributed by atoms with E-state index in [2.05, 4.69) is 61.8 Å². The number of fused-ring (bicyclic) bond motifs is 2. The largest absolute Gasteiger partial charge is 1.00 e. The van der Waals surface area contributed by atoms with E-state index < -0.39 is 5.97 Å². The molecule has 50 heavy (non-hydrogen) atoms. The first-order chi connectivity index (χ1) is 22.6. The van der Waals surface area contributed by atoms with Crippen molar-refractivity contribution in [1.29, 1.82) is 0 Å². The van der Waals surface area contributed by atoms with Gasteiger partial charge in [0, 0.05) is 61.6 Å². The number of carboxylic acids is 1. The molecule has 0 N–H and O–H groups in total. The van der Waals surface area contributed by atoms with Crippen LogP contribution in [0.25, 0.3) is 0 Å². The van der Waals surface area contributed by atoms with Gasteiger partial charge in [-0.15, -0.1) is 0 Å². The molecule has 5 aliphatic rings. The van der Waals surface area contributed by atoms with Gasteiger partial charge in [0.15, 0.2) is 0 Å². The van der Waals surface area contributed by atoms with Crippen molar-refractivity contribution in [2.24, 2.45) is 9.98 Å². The van der Waals surface area contributed by atoms with Crippen LogP contribution in [0.4, 0.5) is 11.4 Å². The zero-order valence-corrected chi connectivity index (χ0v) is 34.7. The fraction of sp³-hybridized carbons (Fsp3) is 0.541. The van der Waals surface area contributed by atoms with Crippen LogP contribution in [-0.4, -0.2) is 82.5 Å². The fourth-order valence-corrected chi connectivity index (χ4v) is 7.34. The third-order valence-corrected chi connectivity index (χ3v) is 10.5. The molecule has 0 aliphatic carbocycles. The second-order valence-electron chi connectivity index (χ2n) is 14.0. The Labute approximate surface area is 348 Å². The minimum Gasteiger partial charge on any atom is -0.550 e. The second-order valence-corrected chi connectivity index (χ2v) is 15.0. The number of carbonyl (C=O) groups excluding carboxylic acids is 3. The van der Waals surface area contributed by atoms with Crippen LogP contribution in [0.1, 0.15) is 92.7 Å². The van der Waals surface area contributed by atoms with E-state index in [0.717, 1.165) is 91.3 Å². The Bertz CT molecular complexity index is 1640. The third-order valence-electron chi connectivity index (χ3n) is 10.0.